The van der Waals surface area contributed by atoms with E-state index in [0.29, 0.717) is 26.1 Å². The van der Waals surface area contributed by atoms with E-state index in [1.807, 2.05) is 45.0 Å². The Morgan fingerprint density at radius 2 is 1.78 bits per heavy atom. The number of hydrogen-bond donors (Lipinski definition) is 0. The fourth-order valence-electron chi connectivity index (χ4n) is 6.72. The number of halogens is 3. The van der Waals surface area contributed by atoms with Crippen molar-refractivity contribution in [3.63, 3.8) is 0 Å². The smallest absolute Gasteiger partial charge is 0.417 e. The standard InChI is InChI=1S/C34H45F3N2O6/c1-8-44-32(41)28-26(33(4,5)6)29(45-19-22-17-23(34(35,36)37)18-38-30(22)42-7)27(25-12-10-9-11-24(25)20(2)3)39(28)31(40)21-13-15-43-16-14-21/h9-12,17-18,20-21,26-29H,8,13-16,19H2,1-7H3/t26-,27+,28+,29+/m1/s1. The lowest BCUT2D eigenvalue weighted by molar-refractivity contribution is -0.159. The molecule has 0 aliphatic carbocycles. The number of pyridine rings is 1. The van der Waals surface area contributed by atoms with Gasteiger partial charge in [0, 0.05) is 36.8 Å². The summed E-state index contributed by atoms with van der Waals surface area (Å²) in [6, 6.07) is 7.02. The molecule has 1 amide bonds. The molecule has 248 valence electrons. The maximum absolute atomic E-state index is 14.6. The SMILES string of the molecule is CCOC(=O)[C@@H]1[C@@H](C(C)(C)C)[C@H](OCc2cc(C(F)(F)F)cnc2OC)[C@H](c2ccccc2C(C)C)N1C(=O)C1CCOCC1. The van der Waals surface area contributed by atoms with E-state index in [1.165, 1.54) is 7.11 Å². The van der Waals surface area contributed by atoms with Crippen LogP contribution in [0.4, 0.5) is 13.2 Å². The Labute approximate surface area is 263 Å². The fourth-order valence-corrected chi connectivity index (χ4v) is 6.72. The van der Waals surface area contributed by atoms with Crippen molar-refractivity contribution in [2.75, 3.05) is 26.9 Å². The minimum atomic E-state index is -4.62. The average molecular weight is 635 g/mol. The highest BCUT2D eigenvalue weighted by molar-refractivity contribution is 5.88. The lowest BCUT2D eigenvalue weighted by atomic mass is 9.73. The number of nitrogens with zero attached hydrogens (tertiary/aromatic N) is 2. The van der Waals surface area contributed by atoms with Crippen molar-refractivity contribution in [1.29, 1.82) is 0 Å². The third-order valence-corrected chi connectivity index (χ3v) is 8.77. The van der Waals surface area contributed by atoms with Gasteiger partial charge in [-0.15, -0.1) is 0 Å². The van der Waals surface area contributed by atoms with E-state index in [-0.39, 0.29) is 42.4 Å². The summed E-state index contributed by atoms with van der Waals surface area (Å²) in [5, 5.41) is 0. The number of aromatic nitrogens is 1. The molecule has 4 rings (SSSR count). The van der Waals surface area contributed by atoms with Gasteiger partial charge in [-0.2, -0.15) is 13.2 Å². The van der Waals surface area contributed by atoms with E-state index in [0.717, 1.165) is 23.4 Å². The van der Waals surface area contributed by atoms with Crippen LogP contribution >= 0.6 is 0 Å². The molecule has 2 aliphatic rings. The second-order valence-electron chi connectivity index (χ2n) is 13.1. The number of alkyl halides is 3. The second-order valence-corrected chi connectivity index (χ2v) is 13.1. The zero-order valence-corrected chi connectivity index (χ0v) is 27.1. The number of ether oxygens (including phenoxy) is 4. The molecule has 2 aliphatic heterocycles. The molecule has 1 aromatic heterocycles. The number of esters is 1. The van der Waals surface area contributed by atoms with Crippen LogP contribution in [0.15, 0.2) is 36.5 Å². The summed E-state index contributed by atoms with van der Waals surface area (Å²) in [4.78, 5) is 34.1. The number of benzene rings is 1. The van der Waals surface area contributed by atoms with E-state index in [9.17, 15) is 22.8 Å². The van der Waals surface area contributed by atoms with Crippen LogP contribution in [0, 0.1) is 17.3 Å². The molecule has 2 fully saturated rings. The van der Waals surface area contributed by atoms with Gasteiger partial charge in [-0.25, -0.2) is 9.78 Å². The molecule has 0 radical (unpaired) electrons. The summed E-state index contributed by atoms with van der Waals surface area (Å²) in [7, 11) is 1.33. The van der Waals surface area contributed by atoms with Gasteiger partial charge in [0.25, 0.3) is 0 Å². The van der Waals surface area contributed by atoms with Gasteiger partial charge >= 0.3 is 12.1 Å². The largest absolute Gasteiger partial charge is 0.481 e. The maximum Gasteiger partial charge on any atom is 0.417 e. The highest BCUT2D eigenvalue weighted by Crippen LogP contribution is 2.52. The molecule has 2 saturated heterocycles. The van der Waals surface area contributed by atoms with Gasteiger partial charge in [0.15, 0.2) is 0 Å². The zero-order valence-electron chi connectivity index (χ0n) is 27.1. The molecule has 0 bridgehead atoms. The normalized spacial score (nSPS) is 23.0. The summed E-state index contributed by atoms with van der Waals surface area (Å²) in [5.74, 6) is -1.58. The topological polar surface area (TPSA) is 87.2 Å². The van der Waals surface area contributed by atoms with E-state index in [4.69, 9.17) is 18.9 Å². The van der Waals surface area contributed by atoms with Crippen LogP contribution in [0.3, 0.4) is 0 Å². The molecule has 0 unspecified atom stereocenters. The van der Waals surface area contributed by atoms with Crippen molar-refractivity contribution in [1.82, 2.24) is 9.88 Å². The number of carbonyl (C=O) groups is 2. The van der Waals surface area contributed by atoms with Crippen molar-refractivity contribution in [2.24, 2.45) is 17.3 Å². The van der Waals surface area contributed by atoms with E-state index in [1.54, 1.807) is 11.8 Å². The van der Waals surface area contributed by atoms with Crippen LogP contribution in [0.25, 0.3) is 0 Å². The third-order valence-electron chi connectivity index (χ3n) is 8.77. The first kappa shape index (κ1) is 34.7. The Morgan fingerprint density at radius 1 is 1.11 bits per heavy atom. The van der Waals surface area contributed by atoms with Gasteiger partial charge in [0.05, 0.1) is 38.0 Å². The Kier molecular flexibility index (Phi) is 10.8. The Hall–Kier alpha value is -3.18. The summed E-state index contributed by atoms with van der Waals surface area (Å²) >= 11 is 0. The van der Waals surface area contributed by atoms with Gasteiger partial charge in [0.1, 0.15) is 6.04 Å². The number of methoxy groups -OCH3 is 1. The summed E-state index contributed by atoms with van der Waals surface area (Å²) in [5.41, 5.74) is 0.402. The number of likely N-dealkylation sites (tertiary alicyclic amines) is 1. The molecule has 2 aromatic rings. The van der Waals surface area contributed by atoms with Gasteiger partial charge in [-0.1, -0.05) is 58.9 Å². The van der Waals surface area contributed by atoms with Crippen LogP contribution < -0.4 is 4.74 Å². The van der Waals surface area contributed by atoms with Gasteiger partial charge < -0.3 is 23.8 Å². The van der Waals surface area contributed by atoms with Crippen LogP contribution in [-0.4, -0.2) is 60.8 Å². The Balaban J connectivity index is 1.92. The zero-order chi connectivity index (χ0) is 33.1. The molecule has 0 spiro atoms. The van der Waals surface area contributed by atoms with Crippen molar-refractivity contribution >= 4 is 11.9 Å². The number of rotatable bonds is 9. The summed E-state index contributed by atoms with van der Waals surface area (Å²) in [6.45, 7) is 12.5. The fraction of sp³-hybridized carbons (Fsp3) is 0.618. The minimum Gasteiger partial charge on any atom is -0.481 e. The Morgan fingerprint density at radius 3 is 2.36 bits per heavy atom. The van der Waals surface area contributed by atoms with Crippen LogP contribution in [-0.2, 0) is 36.6 Å². The van der Waals surface area contributed by atoms with Gasteiger partial charge in [-0.05, 0) is 48.3 Å². The van der Waals surface area contributed by atoms with E-state index >= 15 is 0 Å². The quantitative estimate of drug-likeness (QED) is 0.283. The molecule has 45 heavy (non-hydrogen) atoms. The molecule has 4 atom stereocenters. The molecule has 8 nitrogen and oxygen atoms in total. The van der Waals surface area contributed by atoms with Crippen molar-refractivity contribution in [2.45, 2.75) is 91.3 Å². The molecule has 11 heteroatoms. The van der Waals surface area contributed by atoms with Crippen LogP contribution in [0.1, 0.15) is 88.6 Å². The highest BCUT2D eigenvalue weighted by Gasteiger charge is 2.60. The predicted molar refractivity (Wildman–Crippen MR) is 161 cm³/mol. The number of carbonyl (C=O) groups excluding carboxylic acids is 2. The number of amides is 1. The van der Waals surface area contributed by atoms with Crippen molar-refractivity contribution in [3.05, 3.63) is 58.8 Å². The first-order valence-electron chi connectivity index (χ1n) is 15.6. The summed E-state index contributed by atoms with van der Waals surface area (Å²) in [6.07, 6.45) is -3.65. The maximum atomic E-state index is 14.6. The van der Waals surface area contributed by atoms with E-state index in [2.05, 4.69) is 18.8 Å². The van der Waals surface area contributed by atoms with Crippen molar-refractivity contribution in [3.8, 4) is 5.88 Å². The number of hydrogen-bond acceptors (Lipinski definition) is 7. The van der Waals surface area contributed by atoms with Crippen molar-refractivity contribution < 1.29 is 41.7 Å². The lowest BCUT2D eigenvalue weighted by Crippen LogP contribution is -2.50. The highest BCUT2D eigenvalue weighted by atomic mass is 19.4. The van der Waals surface area contributed by atoms with Crippen LogP contribution in [0.5, 0.6) is 5.88 Å². The molecule has 1 aromatic carbocycles. The minimum absolute atomic E-state index is 0.00418. The van der Waals surface area contributed by atoms with Gasteiger partial charge in [-0.3, -0.25) is 4.79 Å². The van der Waals surface area contributed by atoms with Gasteiger partial charge in [0.2, 0.25) is 11.8 Å². The lowest BCUT2D eigenvalue weighted by Gasteiger charge is -2.36. The predicted octanol–water partition coefficient (Wildman–Crippen LogP) is 6.72. The monoisotopic (exact) mass is 634 g/mol. The Bertz CT molecular complexity index is 1340. The van der Waals surface area contributed by atoms with Crippen LogP contribution in [0.2, 0.25) is 0 Å². The first-order valence-corrected chi connectivity index (χ1v) is 15.6. The summed E-state index contributed by atoms with van der Waals surface area (Å²) < 4.78 is 64.1. The molecular formula is C34H45F3N2O6. The molecular weight excluding hydrogens is 589 g/mol. The molecule has 3 heterocycles. The first-order chi connectivity index (χ1) is 21.2. The van der Waals surface area contributed by atoms with E-state index < -0.39 is 47.2 Å². The molecule has 0 N–H and O–H groups in total. The third kappa shape index (κ3) is 7.46. The average Bonchev–Trinajstić information content (AvgIpc) is 3.35. The molecule has 0 saturated carbocycles. The second kappa shape index (κ2) is 14.1.